The minimum atomic E-state index is -0.540. The summed E-state index contributed by atoms with van der Waals surface area (Å²) >= 11 is 0. The topological polar surface area (TPSA) is 64.6 Å². The Morgan fingerprint density at radius 3 is 2.52 bits per heavy atom. The van der Waals surface area contributed by atoms with Gasteiger partial charge in [0, 0.05) is 12.8 Å². The molecule has 5 nitrogen and oxygen atoms in total. The number of carbonyl (C=O) groups excluding carboxylic acids is 2. The monoisotopic (exact) mass is 313 g/mol. The maximum Gasteiger partial charge on any atom is 0.338 e. The van der Waals surface area contributed by atoms with Crippen molar-refractivity contribution in [1.82, 2.24) is 0 Å². The second kappa shape index (κ2) is 8.10. The number of carbonyl (C=O) groups is 2. The predicted octanol–water partition coefficient (Wildman–Crippen LogP) is 2.94. The first-order valence-electron chi connectivity index (χ1n) is 7.20. The molecular weight excluding hydrogens is 294 g/mol. The van der Waals surface area contributed by atoms with Crippen molar-refractivity contribution in [3.05, 3.63) is 65.2 Å². The van der Waals surface area contributed by atoms with E-state index >= 15 is 0 Å². The lowest BCUT2D eigenvalue weighted by Crippen LogP contribution is -2.21. The zero-order valence-corrected chi connectivity index (χ0v) is 13.2. The first-order valence-corrected chi connectivity index (χ1v) is 7.20. The van der Waals surface area contributed by atoms with Crippen LogP contribution in [0.25, 0.3) is 0 Å². The highest BCUT2D eigenvalue weighted by molar-refractivity contribution is 5.95. The zero-order chi connectivity index (χ0) is 16.7. The summed E-state index contributed by atoms with van der Waals surface area (Å²) < 4.78 is 10.0. The van der Waals surface area contributed by atoms with Gasteiger partial charge in [0.15, 0.2) is 6.61 Å². The molecule has 2 aromatic carbocycles. The number of nitrogens with one attached hydrogen (secondary N) is 1. The lowest BCUT2D eigenvalue weighted by molar-refractivity contribution is -0.119. The molecule has 0 unspecified atom stereocenters. The minimum absolute atomic E-state index is 0.332. The highest BCUT2D eigenvalue weighted by atomic mass is 16.5. The molecule has 1 N–H and O–H groups in total. The van der Waals surface area contributed by atoms with Crippen molar-refractivity contribution in [1.29, 1.82) is 0 Å². The van der Waals surface area contributed by atoms with Crippen molar-refractivity contribution in [3.8, 4) is 0 Å². The number of ether oxygens (including phenoxy) is 2. The molecule has 0 aliphatic carbocycles. The van der Waals surface area contributed by atoms with Crippen molar-refractivity contribution in [2.24, 2.45) is 0 Å². The van der Waals surface area contributed by atoms with E-state index in [-0.39, 0.29) is 12.5 Å². The molecule has 23 heavy (non-hydrogen) atoms. The number of amides is 1. The molecule has 0 saturated heterocycles. The van der Waals surface area contributed by atoms with Crippen LogP contribution in [-0.4, -0.2) is 25.6 Å². The van der Waals surface area contributed by atoms with E-state index in [4.69, 9.17) is 9.47 Å². The van der Waals surface area contributed by atoms with Crippen LogP contribution >= 0.6 is 0 Å². The predicted molar refractivity (Wildman–Crippen MR) is 87.2 cm³/mol. The van der Waals surface area contributed by atoms with E-state index < -0.39 is 5.97 Å². The van der Waals surface area contributed by atoms with E-state index in [9.17, 15) is 9.59 Å². The van der Waals surface area contributed by atoms with E-state index in [1.165, 1.54) is 0 Å². The Balaban J connectivity index is 1.87. The number of esters is 1. The van der Waals surface area contributed by atoms with Gasteiger partial charge >= 0.3 is 5.97 Å². The maximum absolute atomic E-state index is 12.0. The number of rotatable bonds is 6. The molecule has 0 atom stereocenters. The van der Waals surface area contributed by atoms with Crippen LogP contribution in [-0.2, 0) is 20.9 Å². The summed E-state index contributed by atoms with van der Waals surface area (Å²) in [5.74, 6) is -0.919. The molecule has 0 heterocycles. The van der Waals surface area contributed by atoms with Gasteiger partial charge in [-0.2, -0.15) is 0 Å². The Kier molecular flexibility index (Phi) is 5.88. The first kappa shape index (κ1) is 16.7. The van der Waals surface area contributed by atoms with Crippen molar-refractivity contribution in [2.45, 2.75) is 13.5 Å². The van der Waals surface area contributed by atoms with Crippen LogP contribution in [0.4, 0.5) is 5.69 Å². The molecule has 0 aliphatic heterocycles. The van der Waals surface area contributed by atoms with Gasteiger partial charge in [0.1, 0.15) is 0 Å². The van der Waals surface area contributed by atoms with Crippen LogP contribution in [0.5, 0.6) is 0 Å². The van der Waals surface area contributed by atoms with E-state index in [1.807, 2.05) is 25.1 Å². The van der Waals surface area contributed by atoms with Crippen LogP contribution in [0.1, 0.15) is 21.5 Å². The quantitative estimate of drug-likeness (QED) is 0.833. The number of methoxy groups -OCH3 is 1. The van der Waals surface area contributed by atoms with Crippen LogP contribution in [0.15, 0.2) is 48.5 Å². The fourth-order valence-electron chi connectivity index (χ4n) is 2.00. The van der Waals surface area contributed by atoms with Crippen molar-refractivity contribution >= 4 is 17.6 Å². The van der Waals surface area contributed by atoms with E-state index in [0.29, 0.717) is 17.9 Å². The molecule has 0 aliphatic rings. The van der Waals surface area contributed by atoms with Gasteiger partial charge in [-0.25, -0.2) is 4.79 Å². The summed E-state index contributed by atoms with van der Waals surface area (Å²) in [6.07, 6.45) is 0. The summed E-state index contributed by atoms with van der Waals surface area (Å²) in [6, 6.07) is 14.3. The van der Waals surface area contributed by atoms with Gasteiger partial charge in [-0.15, -0.1) is 0 Å². The Morgan fingerprint density at radius 2 is 1.83 bits per heavy atom. The van der Waals surface area contributed by atoms with E-state index in [0.717, 1.165) is 11.1 Å². The summed E-state index contributed by atoms with van der Waals surface area (Å²) in [7, 11) is 1.58. The number of benzene rings is 2. The third-order valence-corrected chi connectivity index (χ3v) is 3.14. The molecule has 2 aromatic rings. The van der Waals surface area contributed by atoms with Gasteiger partial charge < -0.3 is 14.8 Å². The third kappa shape index (κ3) is 5.23. The molecular formula is C18H19NO4. The van der Waals surface area contributed by atoms with Gasteiger partial charge in [-0.05, 0) is 36.8 Å². The lowest BCUT2D eigenvalue weighted by Gasteiger charge is -2.08. The number of hydrogen-bond acceptors (Lipinski definition) is 4. The fraction of sp³-hybridized carbons (Fsp3) is 0.222. The van der Waals surface area contributed by atoms with Gasteiger partial charge in [0.25, 0.3) is 5.91 Å². The molecule has 120 valence electrons. The SMILES string of the molecule is COCc1cccc(C(=O)OCC(=O)Nc2ccc(C)cc2)c1. The maximum atomic E-state index is 12.0. The van der Waals surface area contributed by atoms with Crippen molar-refractivity contribution in [3.63, 3.8) is 0 Å². The number of hydrogen-bond donors (Lipinski definition) is 1. The van der Waals surface area contributed by atoms with Gasteiger partial charge in [-0.3, -0.25) is 4.79 Å². The molecule has 0 saturated carbocycles. The number of aryl methyl sites for hydroxylation is 1. The molecule has 0 spiro atoms. The van der Waals surface area contributed by atoms with E-state index in [1.54, 1.807) is 37.4 Å². The van der Waals surface area contributed by atoms with Crippen LogP contribution < -0.4 is 5.32 Å². The molecule has 0 fully saturated rings. The molecule has 0 bridgehead atoms. The van der Waals surface area contributed by atoms with Gasteiger partial charge in [0.05, 0.1) is 12.2 Å². The van der Waals surface area contributed by atoms with Crippen LogP contribution in [0, 0.1) is 6.92 Å². The minimum Gasteiger partial charge on any atom is -0.452 e. The average molecular weight is 313 g/mol. The molecule has 0 aromatic heterocycles. The molecule has 2 rings (SSSR count). The largest absolute Gasteiger partial charge is 0.452 e. The summed E-state index contributed by atoms with van der Waals surface area (Å²) in [6.45, 7) is 2.04. The first-order chi connectivity index (χ1) is 11.1. The molecule has 1 amide bonds. The summed E-state index contributed by atoms with van der Waals surface area (Å²) in [5, 5.41) is 2.67. The second-order valence-corrected chi connectivity index (χ2v) is 5.12. The summed E-state index contributed by atoms with van der Waals surface area (Å²) in [4.78, 5) is 23.8. The Hall–Kier alpha value is -2.66. The highest BCUT2D eigenvalue weighted by Gasteiger charge is 2.11. The average Bonchev–Trinajstić information content (AvgIpc) is 2.55. The third-order valence-electron chi connectivity index (χ3n) is 3.14. The van der Waals surface area contributed by atoms with Crippen LogP contribution in [0.3, 0.4) is 0 Å². The number of anilines is 1. The van der Waals surface area contributed by atoms with Crippen LogP contribution in [0.2, 0.25) is 0 Å². The second-order valence-electron chi connectivity index (χ2n) is 5.12. The Labute approximate surface area is 135 Å². The Morgan fingerprint density at radius 1 is 1.09 bits per heavy atom. The smallest absolute Gasteiger partial charge is 0.338 e. The standard InChI is InChI=1S/C18H19NO4/c1-13-6-8-16(9-7-13)19-17(20)12-23-18(21)15-5-3-4-14(10-15)11-22-2/h3-10H,11-12H2,1-2H3,(H,19,20). The normalized spacial score (nSPS) is 10.2. The lowest BCUT2D eigenvalue weighted by atomic mass is 10.1. The van der Waals surface area contributed by atoms with E-state index in [2.05, 4.69) is 5.32 Å². The van der Waals surface area contributed by atoms with Crippen molar-refractivity contribution in [2.75, 3.05) is 19.0 Å². The zero-order valence-electron chi connectivity index (χ0n) is 13.2. The molecule has 5 heteroatoms. The van der Waals surface area contributed by atoms with Gasteiger partial charge in [-0.1, -0.05) is 29.8 Å². The Bertz CT molecular complexity index is 680. The summed E-state index contributed by atoms with van der Waals surface area (Å²) in [5.41, 5.74) is 3.03. The highest BCUT2D eigenvalue weighted by Crippen LogP contribution is 2.10. The fourth-order valence-corrected chi connectivity index (χ4v) is 2.00. The molecule has 0 radical (unpaired) electrons. The van der Waals surface area contributed by atoms with Gasteiger partial charge in [0.2, 0.25) is 0 Å². The van der Waals surface area contributed by atoms with Crippen molar-refractivity contribution < 1.29 is 19.1 Å².